The molecule has 3 nitrogen and oxygen atoms in total. The molecule has 0 atom stereocenters. The molecule has 0 aliphatic heterocycles. The highest BCUT2D eigenvalue weighted by molar-refractivity contribution is 6.34. The Morgan fingerprint density at radius 3 is 2.88 bits per heavy atom. The molecule has 1 aromatic heterocycles. The molecule has 0 bridgehead atoms. The smallest absolute Gasteiger partial charge is 0.136 e. The number of hydrogen-bond donors (Lipinski definition) is 0. The molecular formula is C13H15ClN2O. The van der Waals surface area contributed by atoms with Crippen molar-refractivity contribution in [3.63, 3.8) is 0 Å². The Kier molecular flexibility index (Phi) is 3.82. The van der Waals surface area contributed by atoms with E-state index in [0.29, 0.717) is 11.8 Å². The molecule has 0 N–H and O–H groups in total. The molecule has 0 saturated heterocycles. The molecule has 2 aromatic rings. The Hall–Kier alpha value is -1.32. The van der Waals surface area contributed by atoms with Crippen LogP contribution in [-0.4, -0.2) is 37.1 Å². The predicted molar refractivity (Wildman–Crippen MR) is 70.8 cm³/mol. The van der Waals surface area contributed by atoms with Crippen LogP contribution in [-0.2, 0) is 0 Å². The summed E-state index contributed by atoms with van der Waals surface area (Å²) in [5, 5.41) is 2.53. The van der Waals surface area contributed by atoms with Gasteiger partial charge >= 0.3 is 0 Å². The van der Waals surface area contributed by atoms with Gasteiger partial charge in [-0.2, -0.15) is 0 Å². The van der Waals surface area contributed by atoms with Crippen LogP contribution in [0.25, 0.3) is 10.8 Å². The minimum atomic E-state index is 0.530. The van der Waals surface area contributed by atoms with Gasteiger partial charge in [-0.3, -0.25) is 0 Å². The number of benzene rings is 1. The highest BCUT2D eigenvalue weighted by Crippen LogP contribution is 2.25. The maximum atomic E-state index is 6.00. The molecule has 0 aliphatic rings. The van der Waals surface area contributed by atoms with Crippen LogP contribution in [0.4, 0.5) is 0 Å². The second kappa shape index (κ2) is 5.34. The van der Waals surface area contributed by atoms with Crippen LogP contribution in [0.1, 0.15) is 0 Å². The average molecular weight is 251 g/mol. The molecular weight excluding hydrogens is 236 g/mol. The Morgan fingerprint density at radius 1 is 1.29 bits per heavy atom. The standard InChI is InChI=1S/C13H15ClN2O/c1-16(2)7-8-17-11-3-4-12-10(9-11)5-6-15-13(12)14/h3-6,9H,7-8H2,1-2H3. The number of aromatic nitrogens is 1. The van der Waals surface area contributed by atoms with E-state index >= 15 is 0 Å². The van der Waals surface area contributed by atoms with E-state index in [1.807, 2.05) is 38.4 Å². The van der Waals surface area contributed by atoms with E-state index in [1.165, 1.54) is 0 Å². The van der Waals surface area contributed by atoms with E-state index < -0.39 is 0 Å². The Labute approximate surface area is 106 Å². The van der Waals surface area contributed by atoms with Crippen LogP contribution in [0.3, 0.4) is 0 Å². The third-order valence-corrected chi connectivity index (χ3v) is 2.80. The monoisotopic (exact) mass is 250 g/mol. The predicted octanol–water partition coefficient (Wildman–Crippen LogP) is 2.83. The van der Waals surface area contributed by atoms with Gasteiger partial charge in [-0.15, -0.1) is 0 Å². The van der Waals surface area contributed by atoms with E-state index in [2.05, 4.69) is 9.88 Å². The van der Waals surface area contributed by atoms with Gasteiger partial charge in [0.1, 0.15) is 17.5 Å². The van der Waals surface area contributed by atoms with Crippen LogP contribution in [0.15, 0.2) is 30.5 Å². The number of rotatable bonds is 4. The fraction of sp³-hybridized carbons (Fsp3) is 0.308. The number of pyridine rings is 1. The van der Waals surface area contributed by atoms with Crippen LogP contribution >= 0.6 is 11.6 Å². The lowest BCUT2D eigenvalue weighted by molar-refractivity contribution is 0.261. The molecule has 0 spiro atoms. The van der Waals surface area contributed by atoms with Crippen LogP contribution in [0, 0.1) is 0 Å². The summed E-state index contributed by atoms with van der Waals surface area (Å²) in [5.74, 6) is 0.863. The molecule has 0 fully saturated rings. The van der Waals surface area contributed by atoms with Gasteiger partial charge in [-0.05, 0) is 43.7 Å². The first-order valence-electron chi connectivity index (χ1n) is 5.48. The van der Waals surface area contributed by atoms with Crippen molar-refractivity contribution in [3.05, 3.63) is 35.6 Å². The van der Waals surface area contributed by atoms with Gasteiger partial charge in [-0.25, -0.2) is 4.98 Å². The normalized spacial score (nSPS) is 11.1. The highest BCUT2D eigenvalue weighted by atomic mass is 35.5. The Bertz CT molecular complexity index is 514. The quantitative estimate of drug-likeness (QED) is 0.781. The maximum absolute atomic E-state index is 6.00. The van der Waals surface area contributed by atoms with E-state index in [0.717, 1.165) is 23.1 Å². The van der Waals surface area contributed by atoms with Crippen molar-refractivity contribution >= 4 is 22.4 Å². The summed E-state index contributed by atoms with van der Waals surface area (Å²) in [5.41, 5.74) is 0. The minimum Gasteiger partial charge on any atom is -0.492 e. The third-order valence-electron chi connectivity index (χ3n) is 2.49. The molecule has 4 heteroatoms. The van der Waals surface area contributed by atoms with Crippen molar-refractivity contribution in [2.75, 3.05) is 27.2 Å². The SMILES string of the molecule is CN(C)CCOc1ccc2c(Cl)nccc2c1. The summed E-state index contributed by atoms with van der Waals surface area (Å²) in [4.78, 5) is 6.13. The summed E-state index contributed by atoms with van der Waals surface area (Å²) in [6.07, 6.45) is 1.70. The first kappa shape index (κ1) is 12.1. The molecule has 0 saturated carbocycles. The van der Waals surface area contributed by atoms with Crippen molar-refractivity contribution in [1.29, 1.82) is 0 Å². The van der Waals surface area contributed by atoms with Gasteiger partial charge in [-0.1, -0.05) is 11.6 Å². The number of fused-ring (bicyclic) bond motifs is 1. The summed E-state index contributed by atoms with van der Waals surface area (Å²) < 4.78 is 5.66. The molecule has 1 aromatic carbocycles. The number of hydrogen-bond acceptors (Lipinski definition) is 3. The molecule has 1 heterocycles. The second-order valence-electron chi connectivity index (χ2n) is 4.14. The topological polar surface area (TPSA) is 25.4 Å². The molecule has 90 valence electrons. The average Bonchev–Trinajstić information content (AvgIpc) is 2.29. The van der Waals surface area contributed by atoms with Crippen molar-refractivity contribution in [2.45, 2.75) is 0 Å². The van der Waals surface area contributed by atoms with Crippen LogP contribution < -0.4 is 4.74 Å². The molecule has 2 rings (SSSR count). The number of likely N-dealkylation sites (N-methyl/N-ethyl adjacent to an activating group) is 1. The van der Waals surface area contributed by atoms with Gasteiger partial charge in [0.05, 0.1) is 0 Å². The van der Waals surface area contributed by atoms with Crippen LogP contribution in [0.2, 0.25) is 5.15 Å². The Balaban J connectivity index is 2.15. The maximum Gasteiger partial charge on any atom is 0.136 e. The number of halogens is 1. The second-order valence-corrected chi connectivity index (χ2v) is 4.49. The highest BCUT2D eigenvalue weighted by Gasteiger charge is 2.01. The van der Waals surface area contributed by atoms with Crippen molar-refractivity contribution < 1.29 is 4.74 Å². The van der Waals surface area contributed by atoms with Gasteiger partial charge in [0, 0.05) is 18.1 Å². The zero-order chi connectivity index (χ0) is 12.3. The third kappa shape index (κ3) is 3.08. The summed E-state index contributed by atoms with van der Waals surface area (Å²) in [6, 6.07) is 7.78. The number of nitrogens with zero attached hydrogens (tertiary/aromatic N) is 2. The lowest BCUT2D eigenvalue weighted by Gasteiger charge is -2.11. The zero-order valence-electron chi connectivity index (χ0n) is 9.98. The molecule has 0 radical (unpaired) electrons. The van der Waals surface area contributed by atoms with E-state index in [9.17, 15) is 0 Å². The number of ether oxygens (including phenoxy) is 1. The van der Waals surface area contributed by atoms with Crippen molar-refractivity contribution in [3.8, 4) is 5.75 Å². The summed E-state index contributed by atoms with van der Waals surface area (Å²) >= 11 is 6.00. The largest absolute Gasteiger partial charge is 0.492 e. The first-order valence-corrected chi connectivity index (χ1v) is 5.86. The molecule has 0 amide bonds. The van der Waals surface area contributed by atoms with Gasteiger partial charge in [0.25, 0.3) is 0 Å². The summed E-state index contributed by atoms with van der Waals surface area (Å²) in [7, 11) is 4.05. The molecule has 0 aliphatic carbocycles. The van der Waals surface area contributed by atoms with Crippen LogP contribution in [0.5, 0.6) is 5.75 Å². The fourth-order valence-corrected chi connectivity index (χ4v) is 1.78. The lowest BCUT2D eigenvalue weighted by Crippen LogP contribution is -2.19. The summed E-state index contributed by atoms with van der Waals surface area (Å²) in [6.45, 7) is 1.58. The van der Waals surface area contributed by atoms with E-state index in [-0.39, 0.29) is 0 Å². The van der Waals surface area contributed by atoms with Crippen molar-refractivity contribution in [2.24, 2.45) is 0 Å². The van der Waals surface area contributed by atoms with Crippen molar-refractivity contribution in [1.82, 2.24) is 9.88 Å². The molecule has 0 unspecified atom stereocenters. The minimum absolute atomic E-state index is 0.530. The first-order chi connectivity index (χ1) is 8.16. The zero-order valence-corrected chi connectivity index (χ0v) is 10.7. The van der Waals surface area contributed by atoms with E-state index in [1.54, 1.807) is 6.20 Å². The van der Waals surface area contributed by atoms with E-state index in [4.69, 9.17) is 16.3 Å². The van der Waals surface area contributed by atoms with Gasteiger partial charge in [0.15, 0.2) is 0 Å². The lowest BCUT2D eigenvalue weighted by atomic mass is 10.2. The fourth-order valence-electron chi connectivity index (χ4n) is 1.55. The van der Waals surface area contributed by atoms with Gasteiger partial charge < -0.3 is 9.64 Å². The Morgan fingerprint density at radius 2 is 2.12 bits per heavy atom. The molecule has 17 heavy (non-hydrogen) atoms. The van der Waals surface area contributed by atoms with Gasteiger partial charge in [0.2, 0.25) is 0 Å².